The van der Waals surface area contributed by atoms with Crippen molar-refractivity contribution in [2.24, 2.45) is 5.41 Å². The predicted octanol–water partition coefficient (Wildman–Crippen LogP) is 9.07. The van der Waals surface area contributed by atoms with E-state index < -0.39 is 18.3 Å². The molecule has 43 heavy (non-hydrogen) atoms. The highest BCUT2D eigenvalue weighted by atomic mass is 31.2. The number of rotatable bonds is 5. The molecule has 2 bridgehead atoms. The maximum absolute atomic E-state index is 15.9. The fourth-order valence-corrected chi connectivity index (χ4v) is 11.1. The molecule has 1 aliphatic carbocycles. The number of fused-ring (bicyclic) bond motifs is 6. The lowest BCUT2D eigenvalue weighted by atomic mass is 9.51. The monoisotopic (exact) mass is 578 g/mol. The van der Waals surface area contributed by atoms with Crippen molar-refractivity contribution >= 4 is 17.8 Å². The van der Waals surface area contributed by atoms with E-state index in [1.807, 2.05) is 60.7 Å². The van der Waals surface area contributed by atoms with Crippen LogP contribution in [0.2, 0.25) is 0 Å². The van der Waals surface area contributed by atoms with Gasteiger partial charge in [0.1, 0.15) is 11.2 Å². The third-order valence-corrected chi connectivity index (χ3v) is 13.0. The fraction of sp³-hybridized carbons (Fsp3) is 0.200. The molecule has 2 nitrogen and oxygen atoms in total. The normalized spacial score (nSPS) is 24.7. The van der Waals surface area contributed by atoms with Crippen molar-refractivity contribution in [3.8, 4) is 0 Å². The van der Waals surface area contributed by atoms with Gasteiger partial charge in [-0.2, -0.15) is 0 Å². The number of hydrogen-bond donors (Lipinski definition) is 0. The number of hydrogen-bond acceptors (Lipinski definition) is 2. The summed E-state index contributed by atoms with van der Waals surface area (Å²) in [6.07, 6.45) is 5.40. The Morgan fingerprint density at radius 2 is 1.00 bits per heavy atom. The van der Waals surface area contributed by atoms with E-state index in [9.17, 15) is 0 Å². The van der Waals surface area contributed by atoms with Crippen LogP contribution in [0.3, 0.4) is 0 Å². The summed E-state index contributed by atoms with van der Waals surface area (Å²) in [7, 11) is -3.23. The summed E-state index contributed by atoms with van der Waals surface area (Å²) in [5.41, 5.74) is 3.97. The van der Waals surface area contributed by atoms with Crippen LogP contribution in [0.1, 0.15) is 54.4 Å². The van der Waals surface area contributed by atoms with Gasteiger partial charge in [0.15, 0.2) is 7.14 Å². The van der Waals surface area contributed by atoms with Gasteiger partial charge in [-0.3, -0.25) is 0 Å². The van der Waals surface area contributed by atoms with Crippen LogP contribution in [0.25, 0.3) is 0 Å². The molecule has 1 saturated carbocycles. The molecule has 3 heteroatoms. The van der Waals surface area contributed by atoms with Gasteiger partial charge in [-0.05, 0) is 46.5 Å². The van der Waals surface area contributed by atoms with Crippen molar-refractivity contribution in [1.82, 2.24) is 0 Å². The van der Waals surface area contributed by atoms with E-state index in [-0.39, 0.29) is 5.41 Å². The second-order valence-corrected chi connectivity index (χ2v) is 14.9. The van der Waals surface area contributed by atoms with Crippen molar-refractivity contribution < 1.29 is 9.30 Å². The molecule has 5 aromatic carbocycles. The van der Waals surface area contributed by atoms with Crippen molar-refractivity contribution in [2.45, 2.75) is 43.3 Å². The molecule has 0 aromatic heterocycles. The third-order valence-electron chi connectivity index (χ3n) is 10.2. The Hall–Kier alpha value is -3.97. The van der Waals surface area contributed by atoms with Crippen molar-refractivity contribution in [3.05, 3.63) is 179 Å². The van der Waals surface area contributed by atoms with Crippen molar-refractivity contribution in [3.63, 3.8) is 0 Å². The topological polar surface area (TPSA) is 26.3 Å². The summed E-state index contributed by atoms with van der Waals surface area (Å²) < 4.78 is 23.7. The lowest BCUT2D eigenvalue weighted by Crippen LogP contribution is -2.47. The second-order valence-electron chi connectivity index (χ2n) is 12.3. The van der Waals surface area contributed by atoms with Gasteiger partial charge in [-0.1, -0.05) is 165 Å². The molecular weight excluding hydrogens is 543 g/mol. The predicted molar refractivity (Wildman–Crippen MR) is 175 cm³/mol. The minimum Gasteiger partial charge on any atom is -0.344 e. The van der Waals surface area contributed by atoms with Crippen LogP contribution in [-0.2, 0) is 20.5 Å². The van der Waals surface area contributed by atoms with Gasteiger partial charge < -0.3 is 9.30 Å². The van der Waals surface area contributed by atoms with Gasteiger partial charge in [0.2, 0.25) is 0 Å². The molecule has 3 aliphatic rings. The molecule has 0 unspecified atom stereocenters. The lowest BCUT2D eigenvalue weighted by Gasteiger charge is -2.50. The van der Waals surface area contributed by atoms with Crippen molar-refractivity contribution in [2.75, 3.05) is 0 Å². The summed E-state index contributed by atoms with van der Waals surface area (Å²) in [6.45, 7) is 0. The lowest BCUT2D eigenvalue weighted by molar-refractivity contribution is -0.0811. The highest BCUT2D eigenvalue weighted by Crippen LogP contribution is 2.77. The third kappa shape index (κ3) is 3.60. The van der Waals surface area contributed by atoms with Gasteiger partial charge in [0.25, 0.3) is 0 Å². The minimum atomic E-state index is -3.23. The molecule has 0 radical (unpaired) electrons. The highest BCUT2D eigenvalue weighted by molar-refractivity contribution is 7.81. The first-order chi connectivity index (χ1) is 21.2. The van der Waals surface area contributed by atoms with E-state index in [4.69, 9.17) is 4.74 Å². The highest BCUT2D eigenvalue weighted by Gasteiger charge is 2.75. The van der Waals surface area contributed by atoms with E-state index in [0.717, 1.165) is 41.9 Å². The van der Waals surface area contributed by atoms with Gasteiger partial charge in [0.05, 0.1) is 0 Å². The quantitative estimate of drug-likeness (QED) is 0.195. The molecule has 0 amide bonds. The molecule has 2 heterocycles. The first kappa shape index (κ1) is 26.6. The molecule has 2 fully saturated rings. The van der Waals surface area contributed by atoms with Gasteiger partial charge in [-0.25, -0.2) is 0 Å². The van der Waals surface area contributed by atoms with Gasteiger partial charge in [-0.15, -0.1) is 0 Å². The zero-order chi connectivity index (χ0) is 29.0. The first-order valence-corrected chi connectivity index (χ1v) is 17.3. The Morgan fingerprint density at radius 3 is 1.56 bits per heavy atom. The Kier molecular flexibility index (Phi) is 6.23. The van der Waals surface area contributed by atoms with E-state index in [1.54, 1.807) is 0 Å². The fourth-order valence-electron chi connectivity index (χ4n) is 8.50. The maximum atomic E-state index is 15.9. The summed E-state index contributed by atoms with van der Waals surface area (Å²) in [4.78, 5) is 0. The van der Waals surface area contributed by atoms with Crippen LogP contribution in [-0.4, -0.2) is 0 Å². The molecule has 2 atom stereocenters. The van der Waals surface area contributed by atoms with Gasteiger partial charge in [0, 0.05) is 16.0 Å². The van der Waals surface area contributed by atoms with Crippen LogP contribution in [0.5, 0.6) is 0 Å². The Bertz CT molecular complexity index is 1800. The van der Waals surface area contributed by atoms with E-state index in [2.05, 4.69) is 90.7 Å². The van der Waals surface area contributed by atoms with Crippen LogP contribution in [0.15, 0.2) is 157 Å². The number of benzene rings is 5. The second kappa shape index (κ2) is 10.1. The van der Waals surface area contributed by atoms with E-state index >= 15 is 4.57 Å². The summed E-state index contributed by atoms with van der Waals surface area (Å²) in [5, 5.41) is 1.71. The van der Waals surface area contributed by atoms with E-state index in [0.29, 0.717) is 0 Å². The molecule has 8 rings (SSSR count). The van der Waals surface area contributed by atoms with Crippen LogP contribution in [0.4, 0.5) is 0 Å². The summed E-state index contributed by atoms with van der Waals surface area (Å²) in [5.74, 6) is 2.20. The summed E-state index contributed by atoms with van der Waals surface area (Å²) in [6, 6.07) is 50.5. The molecule has 2 aliphatic heterocycles. The maximum Gasteiger partial charge on any atom is 0.164 e. The largest absolute Gasteiger partial charge is 0.344 e. The average Bonchev–Trinajstić information content (AvgIpc) is 3.54. The molecule has 1 spiro atoms. The van der Waals surface area contributed by atoms with Crippen LogP contribution >= 0.6 is 7.14 Å². The van der Waals surface area contributed by atoms with Crippen LogP contribution < -0.4 is 10.6 Å². The SMILES string of the molecule is O=P(/C=C1\C2(CCCCC2)[C@@]2(c3ccccc3)O[C@]1(c1ccccc1)c1ccccc12)(c1ccccc1)c1ccccc1. The first-order valence-electron chi connectivity index (χ1n) is 15.5. The van der Waals surface area contributed by atoms with E-state index in [1.165, 1.54) is 28.7 Å². The molecule has 0 N–H and O–H groups in total. The molecule has 1 saturated heterocycles. The van der Waals surface area contributed by atoms with Crippen LogP contribution in [0, 0.1) is 5.41 Å². The summed E-state index contributed by atoms with van der Waals surface area (Å²) >= 11 is 0. The van der Waals surface area contributed by atoms with Gasteiger partial charge >= 0.3 is 0 Å². The average molecular weight is 579 g/mol. The standard InChI is InChI=1S/C40H35O2P/c41-43(33-22-10-3-11-23-33,34-24-12-4-13-25-34)30-37-38(28-16-5-17-29-38)40(32-20-8-2-9-21-32)36-27-15-14-26-35(36)39(37,42-40)31-18-6-1-7-19-31/h1-4,6-15,18-27,30H,5,16-17,28-29H2/b37-30+/t39-,40+/m1/s1. The zero-order valence-electron chi connectivity index (χ0n) is 24.2. The minimum absolute atomic E-state index is 0.351. The zero-order valence-corrected chi connectivity index (χ0v) is 25.1. The molecule has 212 valence electrons. The Morgan fingerprint density at radius 1 is 0.535 bits per heavy atom. The van der Waals surface area contributed by atoms with Crippen molar-refractivity contribution in [1.29, 1.82) is 0 Å². The Balaban J connectivity index is 1.54. The Labute approximate surface area is 254 Å². The number of ether oxygens (including phenoxy) is 1. The smallest absolute Gasteiger partial charge is 0.164 e. The molecule has 5 aromatic rings. The molecular formula is C40H35O2P.